The van der Waals surface area contributed by atoms with Crippen LogP contribution in [0.4, 0.5) is 0 Å². The Balaban J connectivity index is 3.93. The summed E-state index contributed by atoms with van der Waals surface area (Å²) in [5, 5.41) is 0. The number of hydrogen-bond donors (Lipinski definition) is 0. The normalized spacial score (nSPS) is 14.8. The first kappa shape index (κ1) is 12.3. The summed E-state index contributed by atoms with van der Waals surface area (Å²) in [6, 6.07) is 0. The van der Waals surface area contributed by atoms with Gasteiger partial charge in [-0.05, 0) is 6.92 Å². The molecule has 0 bridgehead atoms. The summed E-state index contributed by atoms with van der Waals surface area (Å²) in [6.07, 6.45) is 0. The smallest absolute Gasteiger partial charge is 0.307 e. The molecule has 5 heteroatoms. The Bertz CT molecular complexity index is 106. The van der Waals surface area contributed by atoms with Crippen molar-refractivity contribution in [2.24, 2.45) is 0 Å². The minimum absolute atomic E-state index is 0.0461. The van der Waals surface area contributed by atoms with Gasteiger partial charge in [0.15, 0.2) is 0 Å². The van der Waals surface area contributed by atoms with Gasteiger partial charge in [-0.3, -0.25) is 0 Å². The fourth-order valence-electron chi connectivity index (χ4n) is 0.660. The molecule has 2 unspecified atom stereocenters. The molecular formula is C7H17O4P. The average Bonchev–Trinajstić information content (AvgIpc) is 2.08. The summed E-state index contributed by atoms with van der Waals surface area (Å²) in [5.41, 5.74) is 0. The second kappa shape index (κ2) is 5.84. The second-order valence-electron chi connectivity index (χ2n) is 2.31. The average molecular weight is 196 g/mol. The van der Waals surface area contributed by atoms with E-state index in [1.807, 2.05) is 6.92 Å². The van der Waals surface area contributed by atoms with E-state index in [-0.39, 0.29) is 12.5 Å². The van der Waals surface area contributed by atoms with Gasteiger partial charge in [0.2, 0.25) is 0 Å². The van der Waals surface area contributed by atoms with Crippen molar-refractivity contribution in [3.8, 4) is 0 Å². The summed E-state index contributed by atoms with van der Waals surface area (Å²) in [5.74, 6) is -1.03. The Labute approximate surface area is 75.7 Å². The third-order valence-corrected chi connectivity index (χ3v) is 1.65. The molecular weight excluding hydrogens is 179 g/mol. The van der Waals surface area contributed by atoms with Crippen LogP contribution in [0.5, 0.6) is 0 Å². The van der Waals surface area contributed by atoms with E-state index in [0.29, 0.717) is 0 Å². The van der Waals surface area contributed by atoms with Crippen molar-refractivity contribution in [3.63, 3.8) is 0 Å². The van der Waals surface area contributed by atoms with Crippen molar-refractivity contribution in [1.29, 1.82) is 0 Å². The van der Waals surface area contributed by atoms with Crippen molar-refractivity contribution >= 4 is 9.24 Å². The van der Waals surface area contributed by atoms with Crippen LogP contribution in [0.1, 0.15) is 6.92 Å². The van der Waals surface area contributed by atoms with Gasteiger partial charge >= 0.3 is 5.97 Å². The van der Waals surface area contributed by atoms with Crippen LogP contribution < -0.4 is 0 Å². The molecule has 0 aliphatic heterocycles. The summed E-state index contributed by atoms with van der Waals surface area (Å²) >= 11 is 0. The number of ether oxygens (including phenoxy) is 4. The molecule has 0 saturated carbocycles. The molecule has 0 radical (unpaired) electrons. The van der Waals surface area contributed by atoms with E-state index >= 15 is 0 Å². The summed E-state index contributed by atoms with van der Waals surface area (Å²) < 4.78 is 20.3. The Kier molecular flexibility index (Phi) is 5.97. The molecule has 0 amide bonds. The molecule has 0 spiro atoms. The predicted octanol–water partition coefficient (Wildman–Crippen LogP) is 0.817. The van der Waals surface area contributed by atoms with E-state index in [4.69, 9.17) is 18.9 Å². The summed E-state index contributed by atoms with van der Waals surface area (Å²) in [6.45, 7) is 2.14. The summed E-state index contributed by atoms with van der Waals surface area (Å²) in [4.78, 5) is 0. The largest absolute Gasteiger partial charge is 0.366 e. The molecule has 0 heterocycles. The SMILES string of the molecule is COC(COC(C)P)(OC)OC. The number of hydrogen-bond acceptors (Lipinski definition) is 4. The second-order valence-corrected chi connectivity index (χ2v) is 3.25. The van der Waals surface area contributed by atoms with Crippen LogP contribution >= 0.6 is 9.24 Å². The molecule has 0 aliphatic carbocycles. The first-order valence-electron chi connectivity index (χ1n) is 3.63. The fraction of sp³-hybridized carbons (Fsp3) is 1.00. The van der Waals surface area contributed by atoms with Gasteiger partial charge in [0, 0.05) is 21.3 Å². The van der Waals surface area contributed by atoms with Gasteiger partial charge in [0.25, 0.3) is 0 Å². The van der Waals surface area contributed by atoms with Gasteiger partial charge in [-0.25, -0.2) is 0 Å². The Morgan fingerprint density at radius 1 is 1.17 bits per heavy atom. The fourth-order valence-corrected chi connectivity index (χ4v) is 0.757. The van der Waals surface area contributed by atoms with E-state index in [1.54, 1.807) is 0 Å². The Morgan fingerprint density at radius 3 is 1.83 bits per heavy atom. The zero-order valence-electron chi connectivity index (χ0n) is 7.99. The lowest BCUT2D eigenvalue weighted by Gasteiger charge is -2.28. The quantitative estimate of drug-likeness (QED) is 0.465. The molecule has 0 aliphatic rings. The number of methoxy groups -OCH3 is 3. The minimum atomic E-state index is -1.08. The van der Waals surface area contributed by atoms with Crippen LogP contribution in [0, 0.1) is 0 Å². The van der Waals surface area contributed by atoms with Gasteiger partial charge in [0.05, 0.1) is 5.85 Å². The third kappa shape index (κ3) is 3.78. The molecule has 4 nitrogen and oxygen atoms in total. The molecule has 0 fully saturated rings. The molecule has 0 saturated heterocycles. The maximum atomic E-state index is 5.27. The van der Waals surface area contributed by atoms with Gasteiger partial charge in [-0.15, -0.1) is 9.24 Å². The van der Waals surface area contributed by atoms with Crippen LogP contribution in [0.25, 0.3) is 0 Å². The lowest BCUT2D eigenvalue weighted by Crippen LogP contribution is -2.41. The van der Waals surface area contributed by atoms with Gasteiger partial charge in [-0.1, -0.05) is 0 Å². The highest BCUT2D eigenvalue weighted by atomic mass is 31.0. The molecule has 0 aromatic carbocycles. The zero-order valence-corrected chi connectivity index (χ0v) is 9.15. The lowest BCUT2D eigenvalue weighted by molar-refractivity contribution is -0.369. The molecule has 0 aromatic rings. The van der Waals surface area contributed by atoms with Crippen LogP contribution in [-0.4, -0.2) is 39.8 Å². The highest BCUT2D eigenvalue weighted by molar-refractivity contribution is 7.17. The Hall–Kier alpha value is 0.270. The standard InChI is InChI=1S/C7H17O4P/c1-6(12)11-5-7(8-2,9-3)10-4/h6H,5,12H2,1-4H3. The molecule has 2 atom stereocenters. The van der Waals surface area contributed by atoms with Crippen LogP contribution in [0.2, 0.25) is 0 Å². The Morgan fingerprint density at radius 2 is 1.58 bits per heavy atom. The first-order chi connectivity index (χ1) is 5.60. The topological polar surface area (TPSA) is 36.9 Å². The monoisotopic (exact) mass is 196 g/mol. The maximum absolute atomic E-state index is 5.27. The highest BCUT2D eigenvalue weighted by Gasteiger charge is 2.30. The van der Waals surface area contributed by atoms with E-state index in [9.17, 15) is 0 Å². The van der Waals surface area contributed by atoms with Crippen molar-refractivity contribution in [2.45, 2.75) is 18.7 Å². The molecule has 0 N–H and O–H groups in total. The first-order valence-corrected chi connectivity index (χ1v) is 4.29. The highest BCUT2D eigenvalue weighted by Crippen LogP contribution is 2.14. The van der Waals surface area contributed by atoms with E-state index < -0.39 is 5.97 Å². The van der Waals surface area contributed by atoms with Crippen molar-refractivity contribution in [1.82, 2.24) is 0 Å². The van der Waals surface area contributed by atoms with Crippen LogP contribution in [0.15, 0.2) is 0 Å². The zero-order chi connectivity index (χ0) is 9.61. The third-order valence-electron chi connectivity index (χ3n) is 1.46. The van der Waals surface area contributed by atoms with E-state index in [2.05, 4.69) is 9.24 Å². The maximum Gasteiger partial charge on any atom is 0.307 e. The van der Waals surface area contributed by atoms with Crippen molar-refractivity contribution in [2.75, 3.05) is 27.9 Å². The van der Waals surface area contributed by atoms with Crippen LogP contribution in [-0.2, 0) is 18.9 Å². The van der Waals surface area contributed by atoms with Crippen LogP contribution in [0.3, 0.4) is 0 Å². The van der Waals surface area contributed by atoms with Gasteiger partial charge in [0.1, 0.15) is 6.61 Å². The predicted molar refractivity (Wildman–Crippen MR) is 48.9 cm³/mol. The molecule has 12 heavy (non-hydrogen) atoms. The lowest BCUT2D eigenvalue weighted by atomic mass is 10.6. The number of rotatable bonds is 6. The van der Waals surface area contributed by atoms with Crippen molar-refractivity contribution < 1.29 is 18.9 Å². The van der Waals surface area contributed by atoms with Gasteiger partial charge in [-0.2, -0.15) is 0 Å². The summed E-state index contributed by atoms with van der Waals surface area (Å²) in [7, 11) is 7.02. The molecule has 0 aromatic heterocycles. The van der Waals surface area contributed by atoms with Gasteiger partial charge < -0.3 is 18.9 Å². The van der Waals surface area contributed by atoms with E-state index in [1.165, 1.54) is 21.3 Å². The minimum Gasteiger partial charge on any atom is -0.366 e. The molecule has 0 rings (SSSR count). The molecule has 74 valence electrons. The van der Waals surface area contributed by atoms with Crippen molar-refractivity contribution in [3.05, 3.63) is 0 Å². The van der Waals surface area contributed by atoms with E-state index in [0.717, 1.165) is 0 Å².